The summed E-state index contributed by atoms with van der Waals surface area (Å²) in [5.74, 6) is 0.369. The van der Waals surface area contributed by atoms with E-state index in [1.165, 1.54) is 0 Å². The molecule has 0 atom stereocenters. The third-order valence-corrected chi connectivity index (χ3v) is 3.19. The van der Waals surface area contributed by atoms with Crippen molar-refractivity contribution >= 4 is 11.6 Å². The second-order valence-electron chi connectivity index (χ2n) is 4.76. The standard InChI is InChI=1S/C14H16N4O3/c19-14(16-11-2-1-3-15-9-11)13-8-12(21-17-13)10-18-4-6-20-7-5-18/h1-3,8-9H,4-7,10H2,(H,16,19). The fraction of sp³-hybridized carbons (Fsp3) is 0.357. The van der Waals surface area contributed by atoms with E-state index in [0.29, 0.717) is 18.0 Å². The zero-order valence-electron chi connectivity index (χ0n) is 11.5. The molecule has 0 aliphatic carbocycles. The summed E-state index contributed by atoms with van der Waals surface area (Å²) in [6, 6.07) is 5.18. The molecule has 1 fully saturated rings. The van der Waals surface area contributed by atoms with Crippen molar-refractivity contribution in [3.63, 3.8) is 0 Å². The summed E-state index contributed by atoms with van der Waals surface area (Å²) in [6.45, 7) is 3.80. The van der Waals surface area contributed by atoms with E-state index in [0.717, 1.165) is 26.3 Å². The minimum absolute atomic E-state index is 0.266. The van der Waals surface area contributed by atoms with Gasteiger partial charge in [0.1, 0.15) is 0 Å². The number of hydrogen-bond donors (Lipinski definition) is 1. The molecule has 1 saturated heterocycles. The van der Waals surface area contributed by atoms with Crippen LogP contribution in [-0.4, -0.2) is 47.3 Å². The van der Waals surface area contributed by atoms with Crippen LogP contribution in [0.4, 0.5) is 5.69 Å². The van der Waals surface area contributed by atoms with Gasteiger partial charge in [-0.15, -0.1) is 0 Å². The van der Waals surface area contributed by atoms with Gasteiger partial charge >= 0.3 is 0 Å². The third-order valence-electron chi connectivity index (χ3n) is 3.19. The monoisotopic (exact) mass is 288 g/mol. The molecule has 1 aliphatic heterocycles. The SMILES string of the molecule is O=C(Nc1cccnc1)c1cc(CN2CCOCC2)on1. The number of amides is 1. The second kappa shape index (κ2) is 6.47. The van der Waals surface area contributed by atoms with Crippen molar-refractivity contribution in [1.29, 1.82) is 0 Å². The van der Waals surface area contributed by atoms with Crippen molar-refractivity contribution in [1.82, 2.24) is 15.0 Å². The minimum atomic E-state index is -0.306. The molecule has 1 aliphatic rings. The number of aromatic nitrogens is 2. The van der Waals surface area contributed by atoms with Crippen LogP contribution in [0.25, 0.3) is 0 Å². The largest absolute Gasteiger partial charge is 0.379 e. The highest BCUT2D eigenvalue weighted by molar-refractivity contribution is 6.02. The first-order chi connectivity index (χ1) is 10.3. The first-order valence-corrected chi connectivity index (χ1v) is 6.78. The second-order valence-corrected chi connectivity index (χ2v) is 4.76. The van der Waals surface area contributed by atoms with Crippen LogP contribution in [0.1, 0.15) is 16.2 Å². The summed E-state index contributed by atoms with van der Waals surface area (Å²) in [5, 5.41) is 6.53. The van der Waals surface area contributed by atoms with E-state index < -0.39 is 0 Å². The van der Waals surface area contributed by atoms with Gasteiger partial charge < -0.3 is 14.6 Å². The van der Waals surface area contributed by atoms with Gasteiger partial charge in [-0.25, -0.2) is 0 Å². The molecule has 0 aromatic carbocycles. The molecule has 0 saturated carbocycles. The summed E-state index contributed by atoms with van der Waals surface area (Å²) in [4.78, 5) is 18.2. The molecule has 2 aromatic rings. The smallest absolute Gasteiger partial charge is 0.277 e. The zero-order chi connectivity index (χ0) is 14.5. The fourth-order valence-electron chi connectivity index (χ4n) is 2.11. The van der Waals surface area contributed by atoms with Crippen LogP contribution in [0.5, 0.6) is 0 Å². The fourth-order valence-corrected chi connectivity index (χ4v) is 2.11. The van der Waals surface area contributed by atoms with Gasteiger partial charge in [0.2, 0.25) is 0 Å². The average Bonchev–Trinajstić information content (AvgIpc) is 2.98. The molecular weight excluding hydrogens is 272 g/mol. The van der Waals surface area contributed by atoms with E-state index in [4.69, 9.17) is 9.26 Å². The number of anilines is 1. The van der Waals surface area contributed by atoms with Gasteiger partial charge in [-0.3, -0.25) is 14.7 Å². The molecule has 3 heterocycles. The molecule has 7 nitrogen and oxygen atoms in total. The number of nitrogens with zero attached hydrogens (tertiary/aromatic N) is 3. The molecule has 0 radical (unpaired) electrons. The molecule has 21 heavy (non-hydrogen) atoms. The Balaban J connectivity index is 1.60. The van der Waals surface area contributed by atoms with Crippen LogP contribution in [0.2, 0.25) is 0 Å². The van der Waals surface area contributed by atoms with Gasteiger partial charge in [0, 0.05) is 25.4 Å². The Morgan fingerprint density at radius 3 is 3.00 bits per heavy atom. The zero-order valence-corrected chi connectivity index (χ0v) is 11.5. The summed E-state index contributed by atoms with van der Waals surface area (Å²) in [6.07, 6.45) is 3.22. The quantitative estimate of drug-likeness (QED) is 0.909. The number of nitrogens with one attached hydrogen (secondary N) is 1. The van der Waals surface area contributed by atoms with Crippen LogP contribution < -0.4 is 5.32 Å². The van der Waals surface area contributed by atoms with Crippen molar-refractivity contribution < 1.29 is 14.1 Å². The Morgan fingerprint density at radius 1 is 1.38 bits per heavy atom. The molecule has 3 rings (SSSR count). The van der Waals surface area contributed by atoms with Gasteiger partial charge in [-0.05, 0) is 12.1 Å². The molecule has 110 valence electrons. The average molecular weight is 288 g/mol. The van der Waals surface area contributed by atoms with E-state index in [2.05, 4.69) is 20.4 Å². The van der Waals surface area contributed by atoms with Crippen molar-refractivity contribution in [2.45, 2.75) is 6.54 Å². The van der Waals surface area contributed by atoms with Crippen molar-refractivity contribution in [2.24, 2.45) is 0 Å². The molecule has 7 heteroatoms. The van der Waals surface area contributed by atoms with Crippen molar-refractivity contribution in [2.75, 3.05) is 31.6 Å². The van der Waals surface area contributed by atoms with Crippen LogP contribution in [0.3, 0.4) is 0 Å². The van der Waals surface area contributed by atoms with Gasteiger partial charge in [-0.2, -0.15) is 0 Å². The molecular formula is C14H16N4O3. The Morgan fingerprint density at radius 2 is 2.24 bits per heavy atom. The first-order valence-electron chi connectivity index (χ1n) is 6.78. The van der Waals surface area contributed by atoms with Crippen LogP contribution in [0.15, 0.2) is 35.1 Å². The van der Waals surface area contributed by atoms with Gasteiger partial charge in [-0.1, -0.05) is 5.16 Å². The van der Waals surface area contributed by atoms with Gasteiger partial charge in [0.05, 0.1) is 31.6 Å². The predicted octanol–water partition coefficient (Wildman–Crippen LogP) is 1.15. The Labute approximate surface area is 121 Å². The van der Waals surface area contributed by atoms with Crippen LogP contribution >= 0.6 is 0 Å². The highest BCUT2D eigenvalue weighted by atomic mass is 16.5. The number of ether oxygens (including phenoxy) is 1. The number of carbonyl (C=O) groups excluding carboxylic acids is 1. The molecule has 1 amide bonds. The van der Waals surface area contributed by atoms with Crippen molar-refractivity contribution in [3.8, 4) is 0 Å². The molecule has 2 aromatic heterocycles. The Hall–Kier alpha value is -2.25. The molecule has 1 N–H and O–H groups in total. The van der Waals surface area contributed by atoms with Gasteiger partial charge in [0.15, 0.2) is 11.5 Å². The van der Waals surface area contributed by atoms with Crippen LogP contribution in [0, 0.1) is 0 Å². The van der Waals surface area contributed by atoms with Crippen LogP contribution in [-0.2, 0) is 11.3 Å². The number of carbonyl (C=O) groups is 1. The summed E-state index contributed by atoms with van der Waals surface area (Å²) in [7, 11) is 0. The maximum atomic E-state index is 12.0. The lowest BCUT2D eigenvalue weighted by molar-refractivity contribution is 0.0305. The molecule has 0 bridgehead atoms. The molecule has 0 spiro atoms. The summed E-state index contributed by atoms with van der Waals surface area (Å²) in [5.41, 5.74) is 0.891. The molecule has 0 unspecified atom stereocenters. The number of rotatable bonds is 4. The maximum Gasteiger partial charge on any atom is 0.277 e. The summed E-state index contributed by atoms with van der Waals surface area (Å²) >= 11 is 0. The predicted molar refractivity (Wildman–Crippen MR) is 74.8 cm³/mol. The minimum Gasteiger partial charge on any atom is -0.379 e. The number of pyridine rings is 1. The lowest BCUT2D eigenvalue weighted by atomic mass is 10.3. The lowest BCUT2D eigenvalue weighted by Gasteiger charge is -2.25. The van der Waals surface area contributed by atoms with E-state index in [9.17, 15) is 4.79 Å². The Kier molecular flexibility index (Phi) is 4.23. The number of morpholine rings is 1. The lowest BCUT2D eigenvalue weighted by Crippen LogP contribution is -2.35. The maximum absolute atomic E-state index is 12.0. The highest BCUT2D eigenvalue weighted by Crippen LogP contribution is 2.11. The van der Waals surface area contributed by atoms with Gasteiger partial charge in [0.25, 0.3) is 5.91 Å². The van der Waals surface area contributed by atoms with E-state index in [-0.39, 0.29) is 11.6 Å². The van der Waals surface area contributed by atoms with Crippen molar-refractivity contribution in [3.05, 3.63) is 42.0 Å². The highest BCUT2D eigenvalue weighted by Gasteiger charge is 2.16. The topological polar surface area (TPSA) is 80.5 Å². The van der Waals surface area contributed by atoms with E-state index in [1.807, 2.05) is 0 Å². The Bertz CT molecular complexity index is 593. The number of hydrogen-bond acceptors (Lipinski definition) is 6. The summed E-state index contributed by atoms with van der Waals surface area (Å²) < 4.78 is 10.5. The normalized spacial score (nSPS) is 15.8. The third kappa shape index (κ3) is 3.65. The van der Waals surface area contributed by atoms with E-state index >= 15 is 0 Å². The van der Waals surface area contributed by atoms with E-state index in [1.54, 1.807) is 30.6 Å². The first kappa shape index (κ1) is 13.7.